The van der Waals surface area contributed by atoms with Crippen molar-refractivity contribution in [3.05, 3.63) is 35.9 Å². The molecule has 1 rings (SSSR count). The number of ether oxygens (including phenoxy) is 1. The normalized spacial score (nSPS) is 13.6. The molecule has 5 N–H and O–H groups in total. The van der Waals surface area contributed by atoms with Gasteiger partial charge in [0, 0.05) is 19.5 Å². The van der Waals surface area contributed by atoms with Crippen LogP contribution in [0.15, 0.2) is 30.3 Å². The summed E-state index contributed by atoms with van der Waals surface area (Å²) in [6.45, 7) is 9.85. The Hall–Kier alpha value is -2.98. The van der Waals surface area contributed by atoms with E-state index in [-0.39, 0.29) is 37.3 Å². The molecule has 0 spiro atoms. The lowest BCUT2D eigenvalue weighted by atomic mass is 9.99. The summed E-state index contributed by atoms with van der Waals surface area (Å²) in [5.74, 6) is -1.30. The third kappa shape index (κ3) is 12.1. The molecule has 0 aliphatic heterocycles. The van der Waals surface area contributed by atoms with E-state index in [4.69, 9.17) is 9.84 Å². The highest BCUT2D eigenvalue weighted by Crippen LogP contribution is 2.09. The maximum absolute atomic E-state index is 13.1. The molecular weight excluding hydrogens is 464 g/mol. The summed E-state index contributed by atoms with van der Waals surface area (Å²) in [6, 6.07) is 6.68. The summed E-state index contributed by atoms with van der Waals surface area (Å²) in [7, 11) is 0. The second-order valence-corrected chi connectivity index (χ2v) is 9.54. The molecule has 0 unspecified atom stereocenters. The number of carbonyl (C=O) groups is 4. The largest absolute Gasteiger partial charge is 0.445 e. The Morgan fingerprint density at radius 1 is 0.889 bits per heavy atom. The van der Waals surface area contributed by atoms with Crippen molar-refractivity contribution in [2.24, 2.45) is 11.8 Å². The van der Waals surface area contributed by atoms with Crippen LogP contribution in [0.5, 0.6) is 0 Å². The minimum Gasteiger partial charge on any atom is -0.445 e. The van der Waals surface area contributed by atoms with E-state index in [1.165, 1.54) is 0 Å². The fraction of sp³-hybridized carbons (Fsp3) is 0.615. The first-order valence-corrected chi connectivity index (χ1v) is 12.5. The number of ketones is 1. The van der Waals surface area contributed by atoms with Crippen molar-refractivity contribution < 1.29 is 29.0 Å². The molecular formula is C26H42N4O6. The quantitative estimate of drug-likeness (QED) is 0.214. The molecule has 0 aliphatic rings. The van der Waals surface area contributed by atoms with Crippen LogP contribution in [0.1, 0.15) is 53.0 Å². The Balaban J connectivity index is 2.73. The van der Waals surface area contributed by atoms with Crippen molar-refractivity contribution in [3.63, 3.8) is 0 Å². The minimum atomic E-state index is -0.892. The highest BCUT2D eigenvalue weighted by atomic mass is 16.5. The number of benzene rings is 1. The maximum Gasteiger partial charge on any atom is 0.408 e. The van der Waals surface area contributed by atoms with Gasteiger partial charge in [-0.3, -0.25) is 14.4 Å². The van der Waals surface area contributed by atoms with Crippen molar-refractivity contribution in [3.8, 4) is 0 Å². The summed E-state index contributed by atoms with van der Waals surface area (Å²) in [5.41, 5.74) is 0.821. The minimum absolute atomic E-state index is 0.0202. The zero-order valence-electron chi connectivity index (χ0n) is 22.0. The lowest BCUT2D eigenvalue weighted by Crippen LogP contribution is -2.57. The Morgan fingerprint density at radius 3 is 2.14 bits per heavy atom. The van der Waals surface area contributed by atoms with E-state index in [0.29, 0.717) is 19.5 Å². The molecule has 0 heterocycles. The summed E-state index contributed by atoms with van der Waals surface area (Å²) >= 11 is 0. The van der Waals surface area contributed by atoms with Crippen LogP contribution in [0, 0.1) is 11.8 Å². The molecule has 202 valence electrons. The molecule has 0 radical (unpaired) electrons. The maximum atomic E-state index is 13.1. The molecule has 0 aromatic heterocycles. The number of carbonyl (C=O) groups excluding carboxylic acids is 4. The van der Waals surface area contributed by atoms with Gasteiger partial charge in [-0.25, -0.2) is 4.79 Å². The van der Waals surface area contributed by atoms with Gasteiger partial charge in [0.1, 0.15) is 18.7 Å². The van der Waals surface area contributed by atoms with Gasteiger partial charge in [0.05, 0.1) is 12.6 Å². The standard InChI is InChI=1S/C26H42N4O6/c1-17(2)15-21(29-26(35)36-16-20-9-7-6-8-10-20)24(33)30-23(18(3)4)25(34)28-19(5)22(32)11-12-27-13-14-31/h6-10,17-19,21,23,27,31H,11-16H2,1-5H3,(H,28,34)(H,29,35)(H,30,33)/t19-,21-,23-/m0/s1. The van der Waals surface area contributed by atoms with Crippen molar-refractivity contribution >= 4 is 23.7 Å². The van der Waals surface area contributed by atoms with Crippen LogP contribution in [0.2, 0.25) is 0 Å². The van der Waals surface area contributed by atoms with Gasteiger partial charge in [0.25, 0.3) is 0 Å². The number of amides is 3. The molecule has 0 saturated carbocycles. The zero-order valence-corrected chi connectivity index (χ0v) is 22.0. The van der Waals surface area contributed by atoms with E-state index in [9.17, 15) is 19.2 Å². The van der Waals surface area contributed by atoms with Gasteiger partial charge in [0.2, 0.25) is 11.8 Å². The third-order valence-electron chi connectivity index (χ3n) is 5.45. The van der Waals surface area contributed by atoms with Crippen molar-refractivity contribution in [2.45, 2.75) is 72.2 Å². The fourth-order valence-electron chi connectivity index (χ4n) is 3.41. The average molecular weight is 507 g/mol. The van der Waals surface area contributed by atoms with Crippen LogP contribution in [-0.2, 0) is 25.7 Å². The van der Waals surface area contributed by atoms with Gasteiger partial charge in [0.15, 0.2) is 5.78 Å². The molecule has 0 fully saturated rings. The van der Waals surface area contributed by atoms with E-state index in [1.807, 2.05) is 44.2 Å². The van der Waals surface area contributed by atoms with E-state index >= 15 is 0 Å². The van der Waals surface area contributed by atoms with Crippen molar-refractivity contribution in [1.82, 2.24) is 21.3 Å². The summed E-state index contributed by atoms with van der Waals surface area (Å²) in [5, 5.41) is 19.7. The molecule has 36 heavy (non-hydrogen) atoms. The number of Topliss-reactive ketones (excluding diaryl/α,β-unsaturated/α-hetero) is 1. The number of alkyl carbamates (subject to hydrolysis) is 1. The smallest absolute Gasteiger partial charge is 0.408 e. The molecule has 0 aliphatic carbocycles. The first kappa shape index (κ1) is 31.1. The Kier molecular flexibility index (Phi) is 14.4. The lowest BCUT2D eigenvalue weighted by Gasteiger charge is -2.27. The van der Waals surface area contributed by atoms with Gasteiger partial charge >= 0.3 is 6.09 Å². The van der Waals surface area contributed by atoms with Crippen LogP contribution < -0.4 is 21.3 Å². The van der Waals surface area contributed by atoms with Crippen molar-refractivity contribution in [1.29, 1.82) is 0 Å². The van der Waals surface area contributed by atoms with Gasteiger partial charge in [-0.2, -0.15) is 0 Å². The molecule has 10 heteroatoms. The van der Waals surface area contributed by atoms with E-state index in [1.54, 1.807) is 20.8 Å². The van der Waals surface area contributed by atoms with Crippen LogP contribution in [0.25, 0.3) is 0 Å². The van der Waals surface area contributed by atoms with E-state index in [0.717, 1.165) is 5.56 Å². The molecule has 1 aromatic carbocycles. The second-order valence-electron chi connectivity index (χ2n) is 9.54. The summed E-state index contributed by atoms with van der Waals surface area (Å²) < 4.78 is 5.25. The molecule has 3 amide bonds. The molecule has 0 saturated heterocycles. The van der Waals surface area contributed by atoms with Gasteiger partial charge < -0.3 is 31.1 Å². The average Bonchev–Trinajstić information content (AvgIpc) is 2.83. The number of nitrogens with one attached hydrogen (secondary N) is 4. The van der Waals surface area contributed by atoms with Gasteiger partial charge in [-0.1, -0.05) is 58.0 Å². The second kappa shape index (κ2) is 16.6. The number of aliphatic hydroxyl groups excluding tert-OH is 1. The SMILES string of the molecule is CC(C)C[C@H](NC(=O)OCc1ccccc1)C(=O)N[C@H](C(=O)N[C@@H](C)C(=O)CCNCCO)C(C)C. The van der Waals surface area contributed by atoms with Gasteiger partial charge in [-0.15, -0.1) is 0 Å². The molecule has 10 nitrogen and oxygen atoms in total. The highest BCUT2D eigenvalue weighted by molar-refractivity contribution is 5.94. The Bertz CT molecular complexity index is 831. The van der Waals surface area contributed by atoms with E-state index < -0.39 is 36.0 Å². The topological polar surface area (TPSA) is 146 Å². The predicted octanol–water partition coefficient (Wildman–Crippen LogP) is 1.51. The first-order chi connectivity index (χ1) is 17.0. The Labute approximate surface area is 213 Å². The summed E-state index contributed by atoms with van der Waals surface area (Å²) in [6.07, 6.45) is -0.167. The monoisotopic (exact) mass is 506 g/mol. The van der Waals surface area contributed by atoms with Crippen LogP contribution in [0.4, 0.5) is 4.79 Å². The summed E-state index contributed by atoms with van der Waals surface area (Å²) in [4.78, 5) is 50.6. The van der Waals surface area contributed by atoms with Crippen LogP contribution in [-0.4, -0.2) is 66.6 Å². The van der Waals surface area contributed by atoms with Crippen LogP contribution >= 0.6 is 0 Å². The number of rotatable bonds is 16. The van der Waals surface area contributed by atoms with Gasteiger partial charge in [-0.05, 0) is 30.7 Å². The molecule has 0 bridgehead atoms. The number of hydrogen-bond donors (Lipinski definition) is 5. The number of aliphatic hydroxyl groups is 1. The zero-order chi connectivity index (χ0) is 27.1. The highest BCUT2D eigenvalue weighted by Gasteiger charge is 2.30. The first-order valence-electron chi connectivity index (χ1n) is 12.5. The van der Waals surface area contributed by atoms with Crippen LogP contribution in [0.3, 0.4) is 0 Å². The van der Waals surface area contributed by atoms with Crippen molar-refractivity contribution in [2.75, 3.05) is 19.7 Å². The predicted molar refractivity (Wildman–Crippen MR) is 137 cm³/mol. The molecule has 1 aromatic rings. The lowest BCUT2D eigenvalue weighted by molar-refractivity contribution is -0.133. The molecule has 3 atom stereocenters. The fourth-order valence-corrected chi connectivity index (χ4v) is 3.41. The third-order valence-corrected chi connectivity index (χ3v) is 5.45. The van der Waals surface area contributed by atoms with E-state index in [2.05, 4.69) is 21.3 Å². The number of hydrogen-bond acceptors (Lipinski definition) is 7. The Morgan fingerprint density at radius 2 is 1.56 bits per heavy atom.